The second-order valence-electron chi connectivity index (χ2n) is 4.69. The van der Waals surface area contributed by atoms with Gasteiger partial charge in [0.2, 0.25) is 11.8 Å². The summed E-state index contributed by atoms with van der Waals surface area (Å²) in [6, 6.07) is 0. The first-order valence-electron chi connectivity index (χ1n) is 6.35. The van der Waals surface area contributed by atoms with Gasteiger partial charge in [-0.3, -0.25) is 13.8 Å². The number of carbonyl (C=O) groups is 2. The molecule has 1 saturated heterocycles. The van der Waals surface area contributed by atoms with Crippen LogP contribution in [0.1, 0.15) is 33.1 Å². The van der Waals surface area contributed by atoms with Crippen LogP contribution in [0.5, 0.6) is 0 Å². The molecule has 1 atom stereocenters. The number of nitrogens with zero attached hydrogens (tertiary/aromatic N) is 1. The van der Waals surface area contributed by atoms with E-state index in [-0.39, 0.29) is 18.4 Å². The lowest BCUT2D eigenvalue weighted by atomic mass is 9.89. The summed E-state index contributed by atoms with van der Waals surface area (Å²) in [5.74, 6) is 0.460. The maximum absolute atomic E-state index is 12.4. The minimum Gasteiger partial charge on any atom is -0.340 e. The van der Waals surface area contributed by atoms with E-state index in [0.717, 1.165) is 0 Å². The summed E-state index contributed by atoms with van der Waals surface area (Å²) >= 11 is 0. The van der Waals surface area contributed by atoms with Crippen molar-refractivity contribution in [1.82, 2.24) is 10.2 Å². The van der Waals surface area contributed by atoms with Gasteiger partial charge in [-0.05, 0) is 19.3 Å². The van der Waals surface area contributed by atoms with Crippen molar-refractivity contribution in [2.24, 2.45) is 0 Å². The number of piperazine rings is 1. The van der Waals surface area contributed by atoms with Crippen molar-refractivity contribution in [1.29, 1.82) is 0 Å². The SMILES string of the molecule is CCC1(CC)NC(=O)CN(CCCS(C)=O)C1=O. The molecular formula is C12H22N2O3S. The van der Waals surface area contributed by atoms with Crippen molar-refractivity contribution < 1.29 is 13.8 Å². The van der Waals surface area contributed by atoms with E-state index in [1.807, 2.05) is 13.8 Å². The third kappa shape index (κ3) is 3.31. The summed E-state index contributed by atoms with van der Waals surface area (Å²) in [7, 11) is -0.851. The van der Waals surface area contributed by atoms with E-state index in [4.69, 9.17) is 0 Å². The van der Waals surface area contributed by atoms with Crippen LogP contribution in [0, 0.1) is 0 Å². The molecule has 1 heterocycles. The maximum atomic E-state index is 12.4. The van der Waals surface area contributed by atoms with Crippen LogP contribution < -0.4 is 5.32 Å². The average Bonchev–Trinajstić information content (AvgIpc) is 2.32. The fraction of sp³-hybridized carbons (Fsp3) is 0.833. The van der Waals surface area contributed by atoms with Crippen LogP contribution in [-0.4, -0.2) is 51.6 Å². The summed E-state index contributed by atoms with van der Waals surface area (Å²) in [5, 5.41) is 2.82. The highest BCUT2D eigenvalue weighted by Crippen LogP contribution is 2.22. The molecule has 6 heteroatoms. The minimum atomic E-state index is -0.851. The summed E-state index contributed by atoms with van der Waals surface area (Å²) in [6.45, 7) is 4.45. The third-order valence-electron chi connectivity index (χ3n) is 3.48. The zero-order valence-corrected chi connectivity index (χ0v) is 12.1. The lowest BCUT2D eigenvalue weighted by Crippen LogP contribution is -2.66. The summed E-state index contributed by atoms with van der Waals surface area (Å²) in [4.78, 5) is 25.6. The van der Waals surface area contributed by atoms with Gasteiger partial charge in [0, 0.05) is 29.4 Å². The smallest absolute Gasteiger partial charge is 0.248 e. The van der Waals surface area contributed by atoms with Gasteiger partial charge >= 0.3 is 0 Å². The number of amides is 2. The van der Waals surface area contributed by atoms with Gasteiger partial charge in [0.05, 0.1) is 6.54 Å². The predicted octanol–water partition coefficient (Wildman–Crippen LogP) is 0.272. The number of rotatable bonds is 6. The topological polar surface area (TPSA) is 66.5 Å². The van der Waals surface area contributed by atoms with Crippen LogP contribution in [0.2, 0.25) is 0 Å². The van der Waals surface area contributed by atoms with Crippen molar-refractivity contribution in [3.05, 3.63) is 0 Å². The molecule has 1 rings (SSSR count). The molecule has 0 saturated carbocycles. The van der Waals surface area contributed by atoms with E-state index >= 15 is 0 Å². The molecule has 0 aromatic rings. The number of hydrogen-bond donors (Lipinski definition) is 1. The molecule has 1 fully saturated rings. The molecule has 0 aliphatic carbocycles. The molecule has 0 aromatic carbocycles. The lowest BCUT2D eigenvalue weighted by Gasteiger charge is -2.41. The van der Waals surface area contributed by atoms with Crippen molar-refractivity contribution >= 4 is 22.6 Å². The molecule has 5 nitrogen and oxygen atoms in total. The maximum Gasteiger partial charge on any atom is 0.248 e. The Morgan fingerprint density at radius 1 is 1.33 bits per heavy atom. The Bertz CT molecular complexity index is 353. The van der Waals surface area contributed by atoms with Crippen molar-refractivity contribution in [3.63, 3.8) is 0 Å². The Balaban J connectivity index is 2.70. The van der Waals surface area contributed by atoms with Crippen LogP contribution in [0.4, 0.5) is 0 Å². The first-order chi connectivity index (χ1) is 8.45. The highest BCUT2D eigenvalue weighted by Gasteiger charge is 2.43. The number of carbonyl (C=O) groups excluding carboxylic acids is 2. The van der Waals surface area contributed by atoms with Gasteiger partial charge in [-0.2, -0.15) is 0 Å². The number of hydrogen-bond acceptors (Lipinski definition) is 3. The molecule has 1 unspecified atom stereocenters. The molecule has 104 valence electrons. The fourth-order valence-electron chi connectivity index (χ4n) is 2.28. The lowest BCUT2D eigenvalue weighted by molar-refractivity contribution is -0.150. The van der Waals surface area contributed by atoms with Crippen LogP contribution in [-0.2, 0) is 20.4 Å². The molecule has 2 amide bonds. The highest BCUT2D eigenvalue weighted by atomic mass is 32.2. The zero-order chi connectivity index (χ0) is 13.8. The van der Waals surface area contributed by atoms with E-state index in [0.29, 0.717) is 31.6 Å². The molecule has 1 aliphatic rings. The van der Waals surface area contributed by atoms with Gasteiger partial charge in [-0.25, -0.2) is 0 Å². The largest absolute Gasteiger partial charge is 0.340 e. The van der Waals surface area contributed by atoms with E-state index in [1.54, 1.807) is 11.2 Å². The van der Waals surface area contributed by atoms with E-state index in [1.165, 1.54) is 0 Å². The number of nitrogens with one attached hydrogen (secondary N) is 1. The first-order valence-corrected chi connectivity index (χ1v) is 8.08. The second kappa shape index (κ2) is 6.31. The van der Waals surface area contributed by atoms with Crippen LogP contribution in [0.15, 0.2) is 0 Å². The monoisotopic (exact) mass is 274 g/mol. The van der Waals surface area contributed by atoms with Crippen molar-refractivity contribution in [3.8, 4) is 0 Å². The van der Waals surface area contributed by atoms with E-state index in [9.17, 15) is 13.8 Å². The Morgan fingerprint density at radius 2 is 1.94 bits per heavy atom. The predicted molar refractivity (Wildman–Crippen MR) is 71.6 cm³/mol. The van der Waals surface area contributed by atoms with Gasteiger partial charge < -0.3 is 10.2 Å². The van der Waals surface area contributed by atoms with E-state index in [2.05, 4.69) is 5.32 Å². The Kier molecular flexibility index (Phi) is 5.31. The van der Waals surface area contributed by atoms with Crippen LogP contribution in [0.25, 0.3) is 0 Å². The normalized spacial score (nSPS) is 20.7. The van der Waals surface area contributed by atoms with Gasteiger partial charge in [0.15, 0.2) is 0 Å². The summed E-state index contributed by atoms with van der Waals surface area (Å²) in [6.07, 6.45) is 3.52. The van der Waals surface area contributed by atoms with Crippen LogP contribution in [0.3, 0.4) is 0 Å². The standard InChI is InChI=1S/C12H22N2O3S/c1-4-12(5-2)11(16)14(9-10(15)13-12)7-6-8-18(3)17/h4-9H2,1-3H3,(H,13,15). The zero-order valence-electron chi connectivity index (χ0n) is 11.3. The quantitative estimate of drug-likeness (QED) is 0.756. The molecule has 1 aliphatic heterocycles. The van der Waals surface area contributed by atoms with Gasteiger partial charge in [-0.15, -0.1) is 0 Å². The first kappa shape index (κ1) is 15.1. The van der Waals surface area contributed by atoms with Gasteiger partial charge in [-0.1, -0.05) is 13.8 Å². The Hall–Kier alpha value is -0.910. The molecule has 0 radical (unpaired) electrons. The summed E-state index contributed by atoms with van der Waals surface area (Å²) < 4.78 is 11.0. The molecule has 18 heavy (non-hydrogen) atoms. The summed E-state index contributed by atoms with van der Waals surface area (Å²) in [5.41, 5.74) is -0.735. The Morgan fingerprint density at radius 3 is 2.44 bits per heavy atom. The fourth-order valence-corrected chi connectivity index (χ4v) is 2.81. The van der Waals surface area contributed by atoms with Crippen molar-refractivity contribution in [2.45, 2.75) is 38.6 Å². The highest BCUT2D eigenvalue weighted by molar-refractivity contribution is 7.84. The van der Waals surface area contributed by atoms with Crippen LogP contribution >= 0.6 is 0 Å². The molecule has 0 aromatic heterocycles. The molecule has 1 N–H and O–H groups in total. The molecular weight excluding hydrogens is 252 g/mol. The minimum absolute atomic E-state index is 0.00557. The second-order valence-corrected chi connectivity index (χ2v) is 6.25. The molecule has 0 bridgehead atoms. The van der Waals surface area contributed by atoms with Gasteiger partial charge in [0.1, 0.15) is 5.54 Å². The van der Waals surface area contributed by atoms with Gasteiger partial charge in [0.25, 0.3) is 0 Å². The molecule has 0 spiro atoms. The van der Waals surface area contributed by atoms with E-state index < -0.39 is 16.3 Å². The Labute approximate surface area is 111 Å². The average molecular weight is 274 g/mol. The van der Waals surface area contributed by atoms with Crippen molar-refractivity contribution in [2.75, 3.05) is 25.1 Å². The third-order valence-corrected chi connectivity index (χ3v) is 4.34.